The summed E-state index contributed by atoms with van der Waals surface area (Å²) in [4.78, 5) is 14.7. The van der Waals surface area contributed by atoms with Gasteiger partial charge in [0.1, 0.15) is 6.10 Å². The Hall–Kier alpha value is -1.10. The largest absolute Gasteiger partial charge is 0.364 e. The zero-order chi connectivity index (χ0) is 14.8. The van der Waals surface area contributed by atoms with Gasteiger partial charge in [-0.15, -0.1) is 12.4 Å². The van der Waals surface area contributed by atoms with E-state index in [0.29, 0.717) is 6.54 Å². The molecule has 0 bridgehead atoms. The summed E-state index contributed by atoms with van der Waals surface area (Å²) < 4.78 is 5.77. The molecule has 0 saturated carbocycles. The second-order valence-corrected chi connectivity index (χ2v) is 6.16. The highest BCUT2D eigenvalue weighted by Crippen LogP contribution is 2.34. The van der Waals surface area contributed by atoms with Gasteiger partial charge in [-0.25, -0.2) is 0 Å². The van der Waals surface area contributed by atoms with Gasteiger partial charge in [0, 0.05) is 13.1 Å². The molecule has 3 atom stereocenters. The molecule has 2 aliphatic rings. The van der Waals surface area contributed by atoms with Crippen LogP contribution in [-0.4, -0.2) is 36.1 Å². The van der Waals surface area contributed by atoms with Crippen LogP contribution >= 0.6 is 12.4 Å². The van der Waals surface area contributed by atoms with Crippen molar-refractivity contribution in [3.63, 3.8) is 0 Å². The number of carbonyl (C=O) groups excluding carboxylic acids is 1. The van der Waals surface area contributed by atoms with E-state index in [0.717, 1.165) is 32.2 Å². The second kappa shape index (κ2) is 7.44. The lowest BCUT2D eigenvalue weighted by Crippen LogP contribution is -2.39. The molecule has 0 aromatic heterocycles. The lowest BCUT2D eigenvalue weighted by molar-refractivity contribution is -0.143. The van der Waals surface area contributed by atoms with Crippen LogP contribution in [0.1, 0.15) is 42.9 Å². The van der Waals surface area contributed by atoms with Crippen LogP contribution < -0.4 is 5.73 Å². The number of rotatable bonds is 3. The van der Waals surface area contributed by atoms with E-state index in [1.54, 1.807) is 0 Å². The smallest absolute Gasteiger partial charge is 0.252 e. The number of ether oxygens (including phenoxy) is 1. The molecule has 2 N–H and O–H groups in total. The standard InChI is InChI=1S/C17H24N2O2.ClH/c1-12-4-6-13(7-5-12)15-3-2-10-19(15)17(20)16-9-8-14(11-18)21-16;/h4-7,14-16H,2-3,8-11,18H2,1H3;1H/t14-,15?,16+;/m1./s1. The molecule has 1 aromatic rings. The number of amides is 1. The third-order valence-corrected chi connectivity index (χ3v) is 4.64. The van der Waals surface area contributed by atoms with Crippen LogP contribution in [-0.2, 0) is 9.53 Å². The van der Waals surface area contributed by atoms with E-state index in [4.69, 9.17) is 10.5 Å². The Balaban J connectivity index is 0.00000176. The molecule has 2 fully saturated rings. The predicted octanol–water partition coefficient (Wildman–Crippen LogP) is 2.59. The fourth-order valence-corrected chi connectivity index (χ4v) is 3.41. The Morgan fingerprint density at radius 2 is 2.00 bits per heavy atom. The molecule has 1 unspecified atom stereocenters. The zero-order valence-corrected chi connectivity index (χ0v) is 13.8. The van der Waals surface area contributed by atoms with E-state index >= 15 is 0 Å². The molecule has 3 rings (SSSR count). The molecule has 0 aliphatic carbocycles. The van der Waals surface area contributed by atoms with E-state index in [2.05, 4.69) is 31.2 Å². The third kappa shape index (κ3) is 3.45. The number of hydrogen-bond acceptors (Lipinski definition) is 3. The van der Waals surface area contributed by atoms with E-state index in [1.165, 1.54) is 11.1 Å². The first-order valence-electron chi connectivity index (χ1n) is 7.91. The summed E-state index contributed by atoms with van der Waals surface area (Å²) in [5.74, 6) is 0.147. The maximum atomic E-state index is 12.7. The fraction of sp³-hybridized carbons (Fsp3) is 0.588. The molecular formula is C17H25ClN2O2. The van der Waals surface area contributed by atoms with E-state index < -0.39 is 0 Å². The van der Waals surface area contributed by atoms with Gasteiger partial charge in [-0.1, -0.05) is 29.8 Å². The summed E-state index contributed by atoms with van der Waals surface area (Å²) >= 11 is 0. The molecule has 1 aromatic carbocycles. The summed E-state index contributed by atoms with van der Waals surface area (Å²) in [6, 6.07) is 8.73. The van der Waals surface area contributed by atoms with Crippen LogP contribution in [0.15, 0.2) is 24.3 Å². The van der Waals surface area contributed by atoms with E-state index in [9.17, 15) is 4.79 Å². The Morgan fingerprint density at radius 1 is 1.27 bits per heavy atom. The lowest BCUT2D eigenvalue weighted by Gasteiger charge is -2.27. The number of nitrogens with two attached hydrogens (primary N) is 1. The van der Waals surface area contributed by atoms with Crippen LogP contribution in [0.25, 0.3) is 0 Å². The van der Waals surface area contributed by atoms with Crippen LogP contribution in [0, 0.1) is 6.92 Å². The SMILES string of the molecule is Cc1ccc(C2CCCN2C(=O)[C@@H]2CC[C@H](CN)O2)cc1.Cl. The average molecular weight is 325 g/mol. The average Bonchev–Trinajstić information content (AvgIpc) is 3.16. The molecule has 2 saturated heterocycles. The van der Waals surface area contributed by atoms with Gasteiger partial charge in [0.2, 0.25) is 0 Å². The van der Waals surface area contributed by atoms with E-state index in [-0.39, 0.29) is 36.6 Å². The maximum absolute atomic E-state index is 12.7. The topological polar surface area (TPSA) is 55.6 Å². The molecule has 1 amide bonds. The molecular weight excluding hydrogens is 300 g/mol. The first-order chi connectivity index (χ1) is 10.2. The normalized spacial score (nSPS) is 27.7. The van der Waals surface area contributed by atoms with Crippen molar-refractivity contribution in [3.8, 4) is 0 Å². The van der Waals surface area contributed by atoms with Gasteiger partial charge in [0.05, 0.1) is 12.1 Å². The summed E-state index contributed by atoms with van der Waals surface area (Å²) in [6.07, 6.45) is 3.58. The van der Waals surface area contributed by atoms with Gasteiger partial charge in [0.25, 0.3) is 5.91 Å². The van der Waals surface area contributed by atoms with Gasteiger partial charge < -0.3 is 15.4 Å². The number of hydrogen-bond donors (Lipinski definition) is 1. The van der Waals surface area contributed by atoms with Crippen LogP contribution in [0.5, 0.6) is 0 Å². The van der Waals surface area contributed by atoms with Gasteiger partial charge in [0.15, 0.2) is 0 Å². The first-order valence-corrected chi connectivity index (χ1v) is 7.91. The van der Waals surface area contributed by atoms with Crippen molar-refractivity contribution in [2.45, 2.75) is 50.9 Å². The number of carbonyl (C=O) groups is 1. The number of benzene rings is 1. The third-order valence-electron chi connectivity index (χ3n) is 4.64. The zero-order valence-electron chi connectivity index (χ0n) is 13.0. The summed E-state index contributed by atoms with van der Waals surface area (Å²) in [5.41, 5.74) is 8.12. The highest BCUT2D eigenvalue weighted by molar-refractivity contribution is 5.85. The summed E-state index contributed by atoms with van der Waals surface area (Å²) in [6.45, 7) is 3.43. The fourth-order valence-electron chi connectivity index (χ4n) is 3.41. The van der Waals surface area contributed by atoms with Crippen LogP contribution in [0.2, 0.25) is 0 Å². The Kier molecular flexibility index (Phi) is 5.84. The first kappa shape index (κ1) is 17.3. The second-order valence-electron chi connectivity index (χ2n) is 6.16. The number of halogens is 1. The van der Waals surface area contributed by atoms with Gasteiger partial charge >= 0.3 is 0 Å². The van der Waals surface area contributed by atoms with E-state index in [1.807, 2.05) is 4.90 Å². The molecule has 5 heteroatoms. The van der Waals surface area contributed by atoms with Crippen molar-refractivity contribution in [2.24, 2.45) is 5.73 Å². The van der Waals surface area contributed by atoms with Crippen molar-refractivity contribution < 1.29 is 9.53 Å². The minimum absolute atomic E-state index is 0. The van der Waals surface area contributed by atoms with Crippen molar-refractivity contribution in [3.05, 3.63) is 35.4 Å². The minimum Gasteiger partial charge on any atom is -0.364 e. The quantitative estimate of drug-likeness (QED) is 0.929. The predicted molar refractivity (Wildman–Crippen MR) is 89.1 cm³/mol. The van der Waals surface area contributed by atoms with Crippen molar-refractivity contribution in [2.75, 3.05) is 13.1 Å². The van der Waals surface area contributed by atoms with Crippen LogP contribution in [0.3, 0.4) is 0 Å². The maximum Gasteiger partial charge on any atom is 0.252 e. The van der Waals surface area contributed by atoms with Gasteiger partial charge in [-0.05, 0) is 38.2 Å². The lowest BCUT2D eigenvalue weighted by atomic mass is 10.0. The number of aryl methyl sites for hydroxylation is 1. The van der Waals surface area contributed by atoms with Crippen molar-refractivity contribution >= 4 is 18.3 Å². The molecule has 4 nitrogen and oxygen atoms in total. The molecule has 2 heterocycles. The highest BCUT2D eigenvalue weighted by Gasteiger charge is 2.37. The highest BCUT2D eigenvalue weighted by atomic mass is 35.5. The van der Waals surface area contributed by atoms with Crippen LogP contribution in [0.4, 0.5) is 0 Å². The molecule has 122 valence electrons. The number of nitrogens with zero attached hydrogens (tertiary/aromatic N) is 1. The Bertz CT molecular complexity index is 506. The molecule has 0 spiro atoms. The molecule has 22 heavy (non-hydrogen) atoms. The Morgan fingerprint density at radius 3 is 2.64 bits per heavy atom. The number of likely N-dealkylation sites (tertiary alicyclic amines) is 1. The van der Waals surface area contributed by atoms with Crippen molar-refractivity contribution in [1.29, 1.82) is 0 Å². The summed E-state index contributed by atoms with van der Waals surface area (Å²) in [5, 5.41) is 0. The molecule has 0 radical (unpaired) electrons. The summed E-state index contributed by atoms with van der Waals surface area (Å²) in [7, 11) is 0. The minimum atomic E-state index is -0.287. The Labute approximate surface area is 138 Å². The van der Waals surface area contributed by atoms with Gasteiger partial charge in [-0.3, -0.25) is 4.79 Å². The van der Waals surface area contributed by atoms with Crippen molar-refractivity contribution in [1.82, 2.24) is 4.90 Å². The molecule has 2 aliphatic heterocycles. The monoisotopic (exact) mass is 324 g/mol. The van der Waals surface area contributed by atoms with Gasteiger partial charge in [-0.2, -0.15) is 0 Å².